The number of rotatable bonds is 11. The molecule has 17 heavy (non-hydrogen) atoms. The van der Waals surface area contributed by atoms with E-state index in [0.717, 1.165) is 45.4 Å². The molecule has 0 heterocycles. The molecule has 0 saturated heterocycles. The van der Waals surface area contributed by atoms with E-state index in [2.05, 4.69) is 37.6 Å². The maximum absolute atomic E-state index is 9.12. The highest BCUT2D eigenvalue weighted by Crippen LogP contribution is 2.09. The van der Waals surface area contributed by atoms with Gasteiger partial charge in [-0.1, -0.05) is 27.4 Å². The Labute approximate surface area is 107 Å². The molecule has 0 aromatic rings. The van der Waals surface area contributed by atoms with Crippen LogP contribution in [0.4, 0.5) is 0 Å². The van der Waals surface area contributed by atoms with Crippen LogP contribution in [-0.4, -0.2) is 48.8 Å². The van der Waals surface area contributed by atoms with Crippen LogP contribution in [0.3, 0.4) is 0 Å². The van der Waals surface area contributed by atoms with Crippen molar-refractivity contribution in [3.05, 3.63) is 12.2 Å². The lowest BCUT2D eigenvalue weighted by Crippen LogP contribution is -2.39. The van der Waals surface area contributed by atoms with Gasteiger partial charge >= 0.3 is 0 Å². The monoisotopic (exact) mass is 242 g/mol. The second kappa shape index (κ2) is 10.8. The Morgan fingerprint density at radius 2 is 1.94 bits per heavy atom. The lowest BCUT2D eigenvalue weighted by atomic mass is 10.1. The average molecular weight is 242 g/mol. The van der Waals surface area contributed by atoms with Crippen molar-refractivity contribution in [3.63, 3.8) is 0 Å². The molecular weight excluding hydrogens is 212 g/mol. The minimum absolute atomic E-state index is 0.228. The van der Waals surface area contributed by atoms with E-state index in [1.807, 2.05) is 0 Å². The summed E-state index contributed by atoms with van der Waals surface area (Å²) in [6.45, 7) is 14.5. The van der Waals surface area contributed by atoms with Gasteiger partial charge in [0, 0.05) is 25.7 Å². The zero-order valence-electron chi connectivity index (χ0n) is 11.8. The normalized spacial score (nSPS) is 11.4. The molecule has 0 radical (unpaired) electrons. The highest BCUT2D eigenvalue weighted by atomic mass is 16.3. The third kappa shape index (κ3) is 7.53. The quantitative estimate of drug-likeness (QED) is 0.430. The first-order valence-electron chi connectivity index (χ1n) is 6.91. The first-order valence-corrected chi connectivity index (χ1v) is 6.91. The maximum atomic E-state index is 9.12. The Morgan fingerprint density at radius 3 is 2.41 bits per heavy atom. The van der Waals surface area contributed by atoms with E-state index in [9.17, 15) is 0 Å². The van der Waals surface area contributed by atoms with Crippen LogP contribution >= 0.6 is 0 Å². The smallest absolute Gasteiger partial charge is 0.0558 e. The standard InChI is InChI=1S/C14H30N2O/c1-5-8-15-11-13(4)12-16(9-10-17)14(6-2)7-3/h14-15,17H,4-12H2,1-3H3. The van der Waals surface area contributed by atoms with Gasteiger partial charge in [0.2, 0.25) is 0 Å². The molecule has 0 rings (SSSR count). The molecule has 3 heteroatoms. The molecular formula is C14H30N2O. The first kappa shape index (κ1) is 16.6. The summed E-state index contributed by atoms with van der Waals surface area (Å²) < 4.78 is 0. The van der Waals surface area contributed by atoms with E-state index < -0.39 is 0 Å². The number of aliphatic hydroxyl groups is 1. The van der Waals surface area contributed by atoms with Crippen molar-refractivity contribution in [2.45, 2.75) is 46.1 Å². The highest BCUT2D eigenvalue weighted by molar-refractivity contribution is 5.00. The van der Waals surface area contributed by atoms with Crippen molar-refractivity contribution in [1.82, 2.24) is 10.2 Å². The Hall–Kier alpha value is -0.380. The molecule has 0 aliphatic heterocycles. The molecule has 0 aromatic carbocycles. The van der Waals surface area contributed by atoms with Gasteiger partial charge in [-0.3, -0.25) is 4.90 Å². The average Bonchev–Trinajstić information content (AvgIpc) is 2.31. The topological polar surface area (TPSA) is 35.5 Å². The number of nitrogens with one attached hydrogen (secondary N) is 1. The zero-order chi connectivity index (χ0) is 13.1. The van der Waals surface area contributed by atoms with Gasteiger partial charge in [-0.25, -0.2) is 0 Å². The summed E-state index contributed by atoms with van der Waals surface area (Å²) in [5, 5.41) is 12.5. The summed E-state index contributed by atoms with van der Waals surface area (Å²) in [6, 6.07) is 0.560. The summed E-state index contributed by atoms with van der Waals surface area (Å²) >= 11 is 0. The summed E-state index contributed by atoms with van der Waals surface area (Å²) in [7, 11) is 0. The van der Waals surface area contributed by atoms with Crippen molar-refractivity contribution >= 4 is 0 Å². The van der Waals surface area contributed by atoms with E-state index in [0.29, 0.717) is 6.04 Å². The van der Waals surface area contributed by atoms with Gasteiger partial charge in [-0.15, -0.1) is 0 Å². The summed E-state index contributed by atoms with van der Waals surface area (Å²) in [4.78, 5) is 2.34. The Bertz CT molecular complexity index is 191. The first-order chi connectivity index (χ1) is 8.19. The van der Waals surface area contributed by atoms with Crippen molar-refractivity contribution in [3.8, 4) is 0 Å². The molecule has 0 aromatic heterocycles. The number of hydrogen-bond acceptors (Lipinski definition) is 3. The summed E-state index contributed by atoms with van der Waals surface area (Å²) in [6.07, 6.45) is 3.42. The van der Waals surface area contributed by atoms with Crippen LogP contribution in [0, 0.1) is 0 Å². The third-order valence-corrected chi connectivity index (χ3v) is 3.07. The van der Waals surface area contributed by atoms with Crippen molar-refractivity contribution < 1.29 is 5.11 Å². The highest BCUT2D eigenvalue weighted by Gasteiger charge is 2.14. The maximum Gasteiger partial charge on any atom is 0.0558 e. The van der Waals surface area contributed by atoms with Gasteiger partial charge in [-0.05, 0) is 31.4 Å². The van der Waals surface area contributed by atoms with Crippen LogP contribution < -0.4 is 5.32 Å². The summed E-state index contributed by atoms with van der Waals surface area (Å²) in [5.74, 6) is 0. The van der Waals surface area contributed by atoms with Crippen LogP contribution in [0.25, 0.3) is 0 Å². The minimum Gasteiger partial charge on any atom is -0.395 e. The van der Waals surface area contributed by atoms with Gasteiger partial charge in [-0.2, -0.15) is 0 Å². The lowest BCUT2D eigenvalue weighted by Gasteiger charge is -2.30. The lowest BCUT2D eigenvalue weighted by molar-refractivity contribution is 0.154. The van der Waals surface area contributed by atoms with Crippen LogP contribution in [0.15, 0.2) is 12.2 Å². The van der Waals surface area contributed by atoms with Crippen molar-refractivity contribution in [2.24, 2.45) is 0 Å². The van der Waals surface area contributed by atoms with Gasteiger partial charge in [0.1, 0.15) is 0 Å². The largest absolute Gasteiger partial charge is 0.395 e. The third-order valence-electron chi connectivity index (χ3n) is 3.07. The van der Waals surface area contributed by atoms with Gasteiger partial charge in [0.05, 0.1) is 6.61 Å². The molecule has 3 nitrogen and oxygen atoms in total. The van der Waals surface area contributed by atoms with Crippen LogP contribution in [0.2, 0.25) is 0 Å². The van der Waals surface area contributed by atoms with E-state index >= 15 is 0 Å². The van der Waals surface area contributed by atoms with Gasteiger partial charge in [0.15, 0.2) is 0 Å². The fourth-order valence-electron chi connectivity index (χ4n) is 2.11. The zero-order valence-corrected chi connectivity index (χ0v) is 11.8. The Balaban J connectivity index is 4.09. The molecule has 0 bridgehead atoms. The predicted octanol–water partition coefficient (Wildman–Crippen LogP) is 2.03. The second-order valence-corrected chi connectivity index (χ2v) is 4.59. The SMILES string of the molecule is C=C(CNCCC)CN(CCO)C(CC)CC. The van der Waals surface area contributed by atoms with Crippen molar-refractivity contribution in [2.75, 3.05) is 32.8 Å². The molecule has 0 spiro atoms. The molecule has 0 aliphatic carbocycles. The van der Waals surface area contributed by atoms with Crippen LogP contribution in [0.5, 0.6) is 0 Å². The molecule has 0 amide bonds. The number of aliphatic hydroxyl groups excluding tert-OH is 1. The van der Waals surface area contributed by atoms with E-state index in [4.69, 9.17) is 5.11 Å². The van der Waals surface area contributed by atoms with Crippen LogP contribution in [0.1, 0.15) is 40.0 Å². The van der Waals surface area contributed by atoms with E-state index in [1.165, 1.54) is 5.57 Å². The predicted molar refractivity (Wildman–Crippen MR) is 75.3 cm³/mol. The summed E-state index contributed by atoms with van der Waals surface area (Å²) in [5.41, 5.74) is 1.21. The molecule has 102 valence electrons. The Kier molecular flexibility index (Phi) is 10.5. The number of nitrogens with zero attached hydrogens (tertiary/aromatic N) is 1. The van der Waals surface area contributed by atoms with Gasteiger partial charge < -0.3 is 10.4 Å². The van der Waals surface area contributed by atoms with Gasteiger partial charge in [0.25, 0.3) is 0 Å². The molecule has 2 N–H and O–H groups in total. The minimum atomic E-state index is 0.228. The molecule has 0 saturated carbocycles. The molecule has 0 unspecified atom stereocenters. The van der Waals surface area contributed by atoms with E-state index in [-0.39, 0.29) is 6.61 Å². The fourth-order valence-corrected chi connectivity index (χ4v) is 2.11. The molecule has 0 aliphatic rings. The second-order valence-electron chi connectivity index (χ2n) is 4.59. The van der Waals surface area contributed by atoms with Crippen LogP contribution in [-0.2, 0) is 0 Å². The molecule has 0 atom stereocenters. The molecule has 0 fully saturated rings. The fraction of sp³-hybridized carbons (Fsp3) is 0.857. The van der Waals surface area contributed by atoms with E-state index in [1.54, 1.807) is 0 Å². The Morgan fingerprint density at radius 1 is 1.29 bits per heavy atom. The van der Waals surface area contributed by atoms with Crippen molar-refractivity contribution in [1.29, 1.82) is 0 Å². The number of hydrogen-bond donors (Lipinski definition) is 2.